The van der Waals surface area contributed by atoms with Crippen LogP contribution in [-0.4, -0.2) is 9.91 Å². The highest BCUT2D eigenvalue weighted by atomic mass is 35.5. The Labute approximate surface area is 127 Å². The molecule has 5 nitrogen and oxygen atoms in total. The van der Waals surface area contributed by atoms with Crippen molar-refractivity contribution >= 4 is 40.2 Å². The van der Waals surface area contributed by atoms with E-state index in [1.807, 2.05) is 0 Å². The maximum Gasteiger partial charge on any atom is 0.280 e. The molecule has 9 heteroatoms. The summed E-state index contributed by atoms with van der Waals surface area (Å²) in [6, 6.07) is 2.05. The smallest absolute Gasteiger partial charge is 0.280 e. The van der Waals surface area contributed by atoms with Crippen LogP contribution in [0, 0.1) is 22.9 Å². The first kappa shape index (κ1) is 15.0. The van der Waals surface area contributed by atoms with Gasteiger partial charge in [0.05, 0.1) is 21.7 Å². The minimum absolute atomic E-state index is 0.123. The molecule has 0 N–H and O–H groups in total. The first-order chi connectivity index (χ1) is 9.42. The summed E-state index contributed by atoms with van der Waals surface area (Å²) in [5, 5.41) is 11.0. The van der Waals surface area contributed by atoms with Gasteiger partial charge in [0, 0.05) is 5.56 Å². The molecule has 20 heavy (non-hydrogen) atoms. The third-order valence-corrected chi connectivity index (χ3v) is 4.18. The Morgan fingerprint density at radius 2 is 2.25 bits per heavy atom. The van der Waals surface area contributed by atoms with E-state index in [0.717, 1.165) is 17.4 Å². The van der Waals surface area contributed by atoms with Crippen LogP contribution in [0.25, 0.3) is 0 Å². The molecule has 0 bridgehead atoms. The van der Waals surface area contributed by atoms with E-state index in [-0.39, 0.29) is 33.2 Å². The van der Waals surface area contributed by atoms with Gasteiger partial charge in [-0.05, 0) is 13.0 Å². The highest BCUT2D eigenvalue weighted by molar-refractivity contribution is 7.14. The van der Waals surface area contributed by atoms with E-state index in [0.29, 0.717) is 4.88 Å². The van der Waals surface area contributed by atoms with Gasteiger partial charge in [-0.15, -0.1) is 11.6 Å². The lowest BCUT2D eigenvalue weighted by molar-refractivity contribution is -0.385. The van der Waals surface area contributed by atoms with Crippen LogP contribution in [0.4, 0.5) is 10.1 Å². The number of hydrogen-bond donors (Lipinski definition) is 0. The fraction of sp³-hybridized carbons (Fsp3) is 0.182. The van der Waals surface area contributed by atoms with Crippen LogP contribution in [0.1, 0.15) is 10.4 Å². The summed E-state index contributed by atoms with van der Waals surface area (Å²) in [5.41, 5.74) is -0.0277. The molecular formula is C11H7Cl2FN2O3S. The first-order valence-electron chi connectivity index (χ1n) is 5.26. The van der Waals surface area contributed by atoms with Gasteiger partial charge in [0.25, 0.3) is 10.9 Å². The topological polar surface area (TPSA) is 65.3 Å². The van der Waals surface area contributed by atoms with Crippen LogP contribution in [0.15, 0.2) is 12.1 Å². The summed E-state index contributed by atoms with van der Waals surface area (Å²) >= 11 is 12.5. The average Bonchev–Trinajstić information content (AvgIpc) is 2.73. The zero-order valence-corrected chi connectivity index (χ0v) is 12.4. The maximum absolute atomic E-state index is 13.8. The maximum atomic E-state index is 13.8. The van der Waals surface area contributed by atoms with Crippen LogP contribution in [0.2, 0.25) is 5.15 Å². The third kappa shape index (κ3) is 3.00. The van der Waals surface area contributed by atoms with Crippen molar-refractivity contribution in [1.82, 2.24) is 4.98 Å². The summed E-state index contributed by atoms with van der Waals surface area (Å²) in [6.07, 6.45) is 0. The lowest BCUT2D eigenvalue weighted by Crippen LogP contribution is -1.95. The minimum Gasteiger partial charge on any atom is -0.428 e. The number of ether oxygens (including phenoxy) is 1. The number of thiazole rings is 1. The molecule has 1 heterocycles. The van der Waals surface area contributed by atoms with Gasteiger partial charge in [-0.3, -0.25) is 10.1 Å². The van der Waals surface area contributed by atoms with Crippen molar-refractivity contribution in [1.29, 1.82) is 0 Å². The molecule has 0 saturated heterocycles. The van der Waals surface area contributed by atoms with Crippen LogP contribution in [0.5, 0.6) is 10.9 Å². The molecule has 0 radical (unpaired) electrons. The number of alkyl halides is 1. The van der Waals surface area contributed by atoms with Gasteiger partial charge < -0.3 is 4.74 Å². The Hall–Kier alpha value is -1.44. The average molecular weight is 337 g/mol. The molecule has 0 spiro atoms. The Kier molecular flexibility index (Phi) is 4.42. The molecule has 0 unspecified atom stereocenters. The standard InChI is InChI=1S/C11H7Cl2FN2O3S/c1-5-2-8(6(14)3-7(5)16(17)18)19-11-15-10(13)9(4-12)20-11/h2-3H,4H2,1H3. The largest absolute Gasteiger partial charge is 0.428 e. The molecule has 2 aromatic rings. The Balaban J connectivity index is 2.33. The minimum atomic E-state index is -0.846. The van der Waals surface area contributed by atoms with Gasteiger partial charge in [0.1, 0.15) is 5.15 Å². The molecular weight excluding hydrogens is 330 g/mol. The summed E-state index contributed by atoms with van der Waals surface area (Å²) in [4.78, 5) is 14.5. The van der Waals surface area contributed by atoms with Gasteiger partial charge >= 0.3 is 0 Å². The Morgan fingerprint density at radius 3 is 2.80 bits per heavy atom. The van der Waals surface area contributed by atoms with Crippen molar-refractivity contribution in [3.63, 3.8) is 0 Å². The fourth-order valence-electron chi connectivity index (χ4n) is 1.45. The molecule has 2 rings (SSSR count). The highest BCUT2D eigenvalue weighted by Crippen LogP contribution is 2.35. The van der Waals surface area contributed by atoms with Gasteiger partial charge in [-0.25, -0.2) is 4.39 Å². The van der Waals surface area contributed by atoms with E-state index in [4.69, 9.17) is 27.9 Å². The first-order valence-corrected chi connectivity index (χ1v) is 6.98. The SMILES string of the molecule is Cc1cc(Oc2nc(Cl)c(CCl)s2)c(F)cc1[N+](=O)[O-]. The van der Waals surface area contributed by atoms with Crippen LogP contribution in [0.3, 0.4) is 0 Å². The second-order valence-corrected chi connectivity index (χ2v) is 5.43. The lowest BCUT2D eigenvalue weighted by Gasteiger charge is -2.05. The van der Waals surface area contributed by atoms with E-state index in [9.17, 15) is 14.5 Å². The molecule has 0 atom stereocenters. The normalized spacial score (nSPS) is 10.6. The summed E-state index contributed by atoms with van der Waals surface area (Å²) in [5.74, 6) is -0.831. The van der Waals surface area contributed by atoms with E-state index in [2.05, 4.69) is 4.98 Å². The summed E-state index contributed by atoms with van der Waals surface area (Å²) < 4.78 is 19.0. The van der Waals surface area contributed by atoms with Crippen molar-refractivity contribution in [2.75, 3.05) is 0 Å². The molecule has 1 aromatic carbocycles. The number of aromatic nitrogens is 1. The van der Waals surface area contributed by atoms with Crippen LogP contribution in [-0.2, 0) is 5.88 Å². The number of rotatable bonds is 4. The number of nitro benzene ring substituents is 1. The van der Waals surface area contributed by atoms with Crippen LogP contribution < -0.4 is 4.74 Å². The second-order valence-electron chi connectivity index (χ2n) is 3.76. The van der Waals surface area contributed by atoms with Crippen LogP contribution >= 0.6 is 34.5 Å². The molecule has 0 fully saturated rings. The number of hydrogen-bond acceptors (Lipinski definition) is 5. The second kappa shape index (κ2) is 5.90. The number of nitro groups is 1. The van der Waals surface area contributed by atoms with Crippen molar-refractivity contribution in [2.45, 2.75) is 12.8 Å². The van der Waals surface area contributed by atoms with Crippen molar-refractivity contribution < 1.29 is 14.1 Å². The summed E-state index contributed by atoms with van der Waals surface area (Å²) in [7, 11) is 0. The van der Waals surface area contributed by atoms with Crippen molar-refractivity contribution in [3.8, 4) is 10.9 Å². The van der Waals surface area contributed by atoms with Crippen molar-refractivity contribution in [2.24, 2.45) is 0 Å². The predicted octanol–water partition coefficient (Wildman–Crippen LogP) is 4.68. The Bertz CT molecular complexity index is 678. The zero-order chi connectivity index (χ0) is 14.9. The van der Waals surface area contributed by atoms with E-state index >= 15 is 0 Å². The third-order valence-electron chi connectivity index (χ3n) is 2.40. The number of aryl methyl sites for hydroxylation is 1. The van der Waals surface area contributed by atoms with E-state index in [1.165, 1.54) is 13.0 Å². The molecule has 1 aromatic heterocycles. The predicted molar refractivity (Wildman–Crippen MR) is 74.5 cm³/mol. The zero-order valence-electron chi connectivity index (χ0n) is 10.0. The number of benzene rings is 1. The number of nitrogens with zero attached hydrogens (tertiary/aromatic N) is 2. The van der Waals surface area contributed by atoms with Gasteiger partial charge in [0.15, 0.2) is 11.6 Å². The summed E-state index contributed by atoms with van der Waals surface area (Å²) in [6.45, 7) is 1.49. The quantitative estimate of drug-likeness (QED) is 0.461. The Morgan fingerprint density at radius 1 is 1.55 bits per heavy atom. The number of halogens is 3. The van der Waals surface area contributed by atoms with Gasteiger partial charge in [0.2, 0.25) is 0 Å². The molecule has 0 aliphatic carbocycles. The van der Waals surface area contributed by atoms with Gasteiger partial charge in [-0.2, -0.15) is 4.98 Å². The van der Waals surface area contributed by atoms with E-state index < -0.39 is 10.7 Å². The molecule has 0 saturated carbocycles. The van der Waals surface area contributed by atoms with Gasteiger partial charge in [-0.1, -0.05) is 22.9 Å². The molecule has 0 aliphatic heterocycles. The molecule has 106 valence electrons. The molecule has 0 amide bonds. The van der Waals surface area contributed by atoms with E-state index in [1.54, 1.807) is 0 Å². The van der Waals surface area contributed by atoms with Crippen molar-refractivity contribution in [3.05, 3.63) is 43.7 Å². The monoisotopic (exact) mass is 336 g/mol. The highest BCUT2D eigenvalue weighted by Gasteiger charge is 2.18. The molecule has 0 aliphatic rings. The fourth-order valence-corrected chi connectivity index (χ4v) is 2.78. The lowest BCUT2D eigenvalue weighted by atomic mass is 10.2.